The molecule has 0 saturated heterocycles. The Labute approximate surface area is 133 Å². The number of aromatic nitrogens is 3. The first-order valence-electron chi connectivity index (χ1n) is 7.42. The van der Waals surface area contributed by atoms with Gasteiger partial charge in [-0.2, -0.15) is 0 Å². The van der Waals surface area contributed by atoms with Crippen LogP contribution in [-0.4, -0.2) is 38.6 Å². The summed E-state index contributed by atoms with van der Waals surface area (Å²) in [4.78, 5) is 23.2. The molecule has 0 saturated carbocycles. The van der Waals surface area contributed by atoms with Gasteiger partial charge in [0.25, 0.3) is 0 Å². The minimum absolute atomic E-state index is 0.0843. The number of nitrogens with zero attached hydrogens (tertiary/aromatic N) is 3. The zero-order valence-corrected chi connectivity index (χ0v) is 13.3. The third kappa shape index (κ3) is 3.56. The highest BCUT2D eigenvalue weighted by Gasteiger charge is 2.22. The number of carbonyl (C=O) groups is 2. The van der Waals surface area contributed by atoms with Crippen molar-refractivity contribution in [2.75, 3.05) is 6.61 Å². The van der Waals surface area contributed by atoms with Crippen molar-refractivity contribution < 1.29 is 19.4 Å². The molecule has 0 spiro atoms. The van der Waals surface area contributed by atoms with E-state index in [0.29, 0.717) is 23.6 Å². The van der Waals surface area contributed by atoms with E-state index >= 15 is 0 Å². The Balaban J connectivity index is 2.43. The van der Waals surface area contributed by atoms with E-state index in [4.69, 9.17) is 4.74 Å². The second-order valence-electron chi connectivity index (χ2n) is 5.38. The van der Waals surface area contributed by atoms with Crippen LogP contribution in [0.4, 0.5) is 0 Å². The molecule has 1 aromatic heterocycles. The molecule has 7 heteroatoms. The van der Waals surface area contributed by atoms with E-state index in [9.17, 15) is 14.7 Å². The molecule has 0 bridgehead atoms. The van der Waals surface area contributed by atoms with Gasteiger partial charge >= 0.3 is 11.9 Å². The number of rotatable bonds is 6. The summed E-state index contributed by atoms with van der Waals surface area (Å²) in [5, 5.41) is 16.9. The lowest BCUT2D eigenvalue weighted by Crippen LogP contribution is -2.10. The van der Waals surface area contributed by atoms with Crippen molar-refractivity contribution in [3.05, 3.63) is 41.2 Å². The summed E-state index contributed by atoms with van der Waals surface area (Å²) in [6.07, 6.45) is 0.744. The van der Waals surface area contributed by atoms with Crippen molar-refractivity contribution in [2.45, 2.75) is 33.1 Å². The molecule has 1 N–H and O–H groups in total. The van der Waals surface area contributed by atoms with E-state index in [2.05, 4.69) is 10.3 Å². The minimum Gasteiger partial charge on any atom is -0.476 e. The van der Waals surface area contributed by atoms with E-state index in [0.717, 1.165) is 6.42 Å². The SMILES string of the molecule is CCCOC(=O)c1cccc(-n2nnc(C(=O)O)c2C(C)C)c1. The predicted octanol–water partition coefficient (Wildman–Crippen LogP) is 2.66. The van der Waals surface area contributed by atoms with E-state index in [1.807, 2.05) is 20.8 Å². The molecule has 0 atom stereocenters. The number of aromatic carboxylic acids is 1. The maximum absolute atomic E-state index is 12.0. The molecular weight excluding hydrogens is 298 g/mol. The van der Waals surface area contributed by atoms with E-state index in [-0.39, 0.29) is 11.6 Å². The van der Waals surface area contributed by atoms with Gasteiger partial charge in [-0.25, -0.2) is 14.3 Å². The first-order chi connectivity index (χ1) is 11.0. The molecular formula is C16H19N3O4. The van der Waals surface area contributed by atoms with Gasteiger partial charge in [-0.1, -0.05) is 32.1 Å². The van der Waals surface area contributed by atoms with Crippen molar-refractivity contribution in [1.82, 2.24) is 15.0 Å². The van der Waals surface area contributed by atoms with Gasteiger partial charge in [0.15, 0.2) is 5.69 Å². The zero-order valence-electron chi connectivity index (χ0n) is 13.3. The summed E-state index contributed by atoms with van der Waals surface area (Å²) in [6.45, 7) is 6.00. The van der Waals surface area contributed by atoms with Crippen molar-refractivity contribution in [1.29, 1.82) is 0 Å². The monoisotopic (exact) mass is 317 g/mol. The molecule has 0 amide bonds. The number of carboxylic acid groups (broad SMARTS) is 1. The van der Waals surface area contributed by atoms with Gasteiger partial charge in [-0.3, -0.25) is 0 Å². The van der Waals surface area contributed by atoms with Gasteiger partial charge in [0.2, 0.25) is 0 Å². The predicted molar refractivity (Wildman–Crippen MR) is 83.0 cm³/mol. The Morgan fingerprint density at radius 1 is 1.35 bits per heavy atom. The first kappa shape index (κ1) is 16.7. The summed E-state index contributed by atoms with van der Waals surface area (Å²) in [7, 11) is 0. The van der Waals surface area contributed by atoms with Gasteiger partial charge in [-0.05, 0) is 30.5 Å². The Morgan fingerprint density at radius 2 is 2.09 bits per heavy atom. The lowest BCUT2D eigenvalue weighted by Gasteiger charge is -2.11. The Hall–Kier alpha value is -2.70. The second-order valence-corrected chi connectivity index (χ2v) is 5.38. The molecule has 1 heterocycles. The number of hydrogen-bond donors (Lipinski definition) is 1. The van der Waals surface area contributed by atoms with Crippen LogP contribution in [-0.2, 0) is 4.74 Å². The van der Waals surface area contributed by atoms with Crippen LogP contribution < -0.4 is 0 Å². The van der Waals surface area contributed by atoms with Crippen LogP contribution in [0.3, 0.4) is 0 Å². The molecule has 0 aliphatic heterocycles. The number of esters is 1. The fourth-order valence-electron chi connectivity index (χ4n) is 2.19. The normalized spacial score (nSPS) is 10.8. The number of carbonyl (C=O) groups excluding carboxylic acids is 1. The third-order valence-electron chi connectivity index (χ3n) is 3.22. The third-order valence-corrected chi connectivity index (χ3v) is 3.22. The maximum atomic E-state index is 12.0. The van der Waals surface area contributed by atoms with Gasteiger partial charge in [-0.15, -0.1) is 5.10 Å². The average Bonchev–Trinajstić information content (AvgIpc) is 2.98. The minimum atomic E-state index is -1.13. The Kier molecular flexibility index (Phi) is 5.10. The quantitative estimate of drug-likeness (QED) is 0.823. The summed E-state index contributed by atoms with van der Waals surface area (Å²) < 4.78 is 6.56. The smallest absolute Gasteiger partial charge is 0.358 e. The van der Waals surface area contributed by atoms with Crippen LogP contribution in [0, 0.1) is 0 Å². The molecule has 2 rings (SSSR count). The van der Waals surface area contributed by atoms with E-state index in [1.165, 1.54) is 4.68 Å². The van der Waals surface area contributed by atoms with Crippen molar-refractivity contribution in [2.24, 2.45) is 0 Å². The molecule has 1 aromatic carbocycles. The summed E-state index contributed by atoms with van der Waals surface area (Å²) >= 11 is 0. The van der Waals surface area contributed by atoms with Crippen molar-refractivity contribution >= 4 is 11.9 Å². The molecule has 0 radical (unpaired) electrons. The number of ether oxygens (including phenoxy) is 1. The largest absolute Gasteiger partial charge is 0.476 e. The molecule has 0 aliphatic rings. The van der Waals surface area contributed by atoms with Crippen molar-refractivity contribution in [3.63, 3.8) is 0 Å². The standard InChI is InChI=1S/C16H19N3O4/c1-4-8-23-16(22)11-6-5-7-12(9-11)19-14(10(2)3)13(15(20)21)17-18-19/h5-7,9-10H,4,8H2,1-3H3,(H,20,21). The fraction of sp³-hybridized carbons (Fsp3) is 0.375. The van der Waals surface area contributed by atoms with Crippen LogP contribution in [0.2, 0.25) is 0 Å². The fourth-order valence-corrected chi connectivity index (χ4v) is 2.19. The Bertz CT molecular complexity index is 722. The molecule has 23 heavy (non-hydrogen) atoms. The topological polar surface area (TPSA) is 94.3 Å². The highest BCUT2D eigenvalue weighted by atomic mass is 16.5. The van der Waals surface area contributed by atoms with Crippen LogP contribution in [0.5, 0.6) is 0 Å². The van der Waals surface area contributed by atoms with Crippen LogP contribution in [0.15, 0.2) is 24.3 Å². The van der Waals surface area contributed by atoms with Gasteiger partial charge in [0, 0.05) is 0 Å². The van der Waals surface area contributed by atoms with Crippen molar-refractivity contribution in [3.8, 4) is 5.69 Å². The van der Waals surface area contributed by atoms with Gasteiger partial charge in [0.05, 0.1) is 23.6 Å². The second kappa shape index (κ2) is 7.04. The van der Waals surface area contributed by atoms with E-state index < -0.39 is 11.9 Å². The highest BCUT2D eigenvalue weighted by Crippen LogP contribution is 2.22. The zero-order chi connectivity index (χ0) is 17.0. The molecule has 122 valence electrons. The van der Waals surface area contributed by atoms with Gasteiger partial charge in [0.1, 0.15) is 0 Å². The van der Waals surface area contributed by atoms with Crippen LogP contribution in [0.1, 0.15) is 59.7 Å². The first-order valence-corrected chi connectivity index (χ1v) is 7.42. The summed E-state index contributed by atoms with van der Waals surface area (Å²) in [5.74, 6) is -1.64. The lowest BCUT2D eigenvalue weighted by molar-refractivity contribution is 0.0504. The summed E-state index contributed by atoms with van der Waals surface area (Å²) in [5.41, 5.74) is 1.35. The number of benzene rings is 1. The highest BCUT2D eigenvalue weighted by molar-refractivity contribution is 5.90. The molecule has 0 unspecified atom stereocenters. The number of carboxylic acids is 1. The van der Waals surface area contributed by atoms with E-state index in [1.54, 1.807) is 24.3 Å². The molecule has 2 aromatic rings. The Morgan fingerprint density at radius 3 is 2.70 bits per heavy atom. The average molecular weight is 317 g/mol. The van der Waals surface area contributed by atoms with Crippen LogP contribution in [0.25, 0.3) is 5.69 Å². The molecule has 7 nitrogen and oxygen atoms in total. The molecule has 0 fully saturated rings. The summed E-state index contributed by atoms with van der Waals surface area (Å²) in [6, 6.07) is 6.70. The lowest BCUT2D eigenvalue weighted by atomic mass is 10.1. The maximum Gasteiger partial charge on any atom is 0.358 e. The van der Waals surface area contributed by atoms with Crippen LogP contribution >= 0.6 is 0 Å². The number of hydrogen-bond acceptors (Lipinski definition) is 5. The molecule has 0 aliphatic carbocycles. The van der Waals surface area contributed by atoms with Gasteiger partial charge < -0.3 is 9.84 Å².